The van der Waals surface area contributed by atoms with Crippen LogP contribution in [0, 0.1) is 10.1 Å². The molecule has 0 saturated carbocycles. The van der Waals surface area contributed by atoms with E-state index in [1.165, 1.54) is 0 Å². The Labute approximate surface area is 132 Å². The third-order valence-electron chi connectivity index (χ3n) is 2.98. The monoisotopic (exact) mass is 341 g/mol. The van der Waals surface area contributed by atoms with Crippen LogP contribution < -0.4 is 4.90 Å². The Kier molecular flexibility index (Phi) is 4.77. The first-order valence-corrected chi connectivity index (χ1v) is 9.17. The van der Waals surface area contributed by atoms with Crippen molar-refractivity contribution in [2.75, 3.05) is 17.7 Å². The Morgan fingerprint density at radius 2 is 2.14 bits per heavy atom. The number of hydrogen-bond donors (Lipinski definition) is 0. The zero-order valence-corrected chi connectivity index (χ0v) is 13.7. The van der Waals surface area contributed by atoms with Crippen molar-refractivity contribution >= 4 is 31.9 Å². The van der Waals surface area contributed by atoms with Gasteiger partial charge < -0.3 is 4.90 Å². The molecule has 0 saturated heterocycles. The summed E-state index contributed by atoms with van der Waals surface area (Å²) in [5, 5.41) is 11.5. The summed E-state index contributed by atoms with van der Waals surface area (Å²) in [4.78, 5) is 16.6. The van der Waals surface area contributed by atoms with Crippen LogP contribution in [0.5, 0.6) is 0 Å². The van der Waals surface area contributed by atoms with E-state index in [2.05, 4.69) is 4.98 Å². The standard InChI is InChI=1S/C13H15N3O4S2/c1-3-15(9-10-6-4-5-7-14-10)13-11(16(17)18)8-12(21-13)22(2,19)20/h4-8H,3,9H2,1-2H3. The molecule has 0 fully saturated rings. The van der Waals surface area contributed by atoms with Gasteiger partial charge in [0.25, 0.3) is 0 Å². The van der Waals surface area contributed by atoms with E-state index in [0.29, 0.717) is 18.1 Å². The van der Waals surface area contributed by atoms with E-state index in [1.54, 1.807) is 17.2 Å². The molecule has 9 heteroatoms. The maximum absolute atomic E-state index is 11.6. The first kappa shape index (κ1) is 16.4. The van der Waals surface area contributed by atoms with Crippen molar-refractivity contribution in [3.05, 3.63) is 46.3 Å². The summed E-state index contributed by atoms with van der Waals surface area (Å²) in [5.41, 5.74) is 0.566. The van der Waals surface area contributed by atoms with Crippen LogP contribution in [0.2, 0.25) is 0 Å². The summed E-state index contributed by atoms with van der Waals surface area (Å²) in [6, 6.07) is 6.56. The van der Waals surface area contributed by atoms with Crippen LogP contribution in [-0.4, -0.2) is 31.1 Å². The molecule has 2 aromatic heterocycles. The smallest absolute Gasteiger partial charge is 0.305 e. The number of anilines is 1. The fraction of sp³-hybridized carbons (Fsp3) is 0.308. The molecular formula is C13H15N3O4S2. The minimum atomic E-state index is -3.48. The maximum atomic E-state index is 11.6. The highest BCUT2D eigenvalue weighted by Gasteiger charge is 2.27. The van der Waals surface area contributed by atoms with Gasteiger partial charge >= 0.3 is 5.69 Å². The Morgan fingerprint density at radius 3 is 2.64 bits per heavy atom. The lowest BCUT2D eigenvalue weighted by molar-refractivity contribution is -0.383. The molecule has 0 aliphatic carbocycles. The number of aromatic nitrogens is 1. The predicted octanol–water partition coefficient (Wildman–Crippen LogP) is 2.48. The van der Waals surface area contributed by atoms with Crippen molar-refractivity contribution in [2.24, 2.45) is 0 Å². The molecule has 0 atom stereocenters. The van der Waals surface area contributed by atoms with Gasteiger partial charge in [-0.1, -0.05) is 17.4 Å². The van der Waals surface area contributed by atoms with E-state index in [1.807, 2.05) is 19.1 Å². The summed E-state index contributed by atoms with van der Waals surface area (Å²) in [7, 11) is -3.48. The lowest BCUT2D eigenvalue weighted by Crippen LogP contribution is -2.22. The minimum Gasteiger partial charge on any atom is -0.352 e. The number of hydrogen-bond acceptors (Lipinski definition) is 7. The van der Waals surface area contributed by atoms with Gasteiger partial charge in [-0.05, 0) is 19.1 Å². The SMILES string of the molecule is CCN(Cc1ccccn1)c1sc(S(C)(=O)=O)cc1[N+](=O)[O-]. The molecule has 0 amide bonds. The van der Waals surface area contributed by atoms with Gasteiger partial charge in [0, 0.05) is 25.1 Å². The highest BCUT2D eigenvalue weighted by atomic mass is 32.2. The summed E-state index contributed by atoms with van der Waals surface area (Å²) in [5.74, 6) is 0. The van der Waals surface area contributed by atoms with Crippen molar-refractivity contribution in [3.63, 3.8) is 0 Å². The quantitative estimate of drug-likeness (QED) is 0.592. The van der Waals surface area contributed by atoms with Gasteiger partial charge in [0.1, 0.15) is 4.21 Å². The minimum absolute atomic E-state index is 0.00586. The van der Waals surface area contributed by atoms with E-state index >= 15 is 0 Å². The topological polar surface area (TPSA) is 93.4 Å². The lowest BCUT2D eigenvalue weighted by Gasteiger charge is -2.19. The number of rotatable bonds is 6. The molecule has 0 spiro atoms. The second kappa shape index (κ2) is 6.41. The van der Waals surface area contributed by atoms with Crippen molar-refractivity contribution in [3.8, 4) is 0 Å². The molecule has 0 aliphatic rings. The maximum Gasteiger partial charge on any atom is 0.305 e. The van der Waals surface area contributed by atoms with Crippen LogP contribution >= 0.6 is 11.3 Å². The van der Waals surface area contributed by atoms with Gasteiger partial charge in [0.15, 0.2) is 14.8 Å². The van der Waals surface area contributed by atoms with Crippen molar-refractivity contribution in [2.45, 2.75) is 17.7 Å². The van der Waals surface area contributed by atoms with E-state index in [0.717, 1.165) is 29.4 Å². The van der Waals surface area contributed by atoms with Gasteiger partial charge in [-0.25, -0.2) is 8.42 Å². The first-order chi connectivity index (χ1) is 10.3. The Bertz CT molecular complexity index is 772. The Hall–Kier alpha value is -2.00. The molecule has 0 aliphatic heterocycles. The van der Waals surface area contributed by atoms with E-state index in [9.17, 15) is 18.5 Å². The van der Waals surface area contributed by atoms with E-state index in [4.69, 9.17) is 0 Å². The van der Waals surface area contributed by atoms with Gasteiger partial charge in [-0.2, -0.15) is 0 Å². The van der Waals surface area contributed by atoms with Gasteiger partial charge in [-0.15, -0.1) is 0 Å². The fourth-order valence-corrected chi connectivity index (χ4v) is 3.99. The summed E-state index contributed by atoms with van der Waals surface area (Å²) < 4.78 is 23.3. The van der Waals surface area contributed by atoms with E-state index < -0.39 is 14.8 Å². The number of nitrogens with zero attached hydrogens (tertiary/aromatic N) is 3. The molecular weight excluding hydrogens is 326 g/mol. The highest BCUT2D eigenvalue weighted by Crippen LogP contribution is 2.40. The zero-order valence-electron chi connectivity index (χ0n) is 12.1. The van der Waals surface area contributed by atoms with Crippen molar-refractivity contribution in [1.29, 1.82) is 0 Å². The molecule has 22 heavy (non-hydrogen) atoms. The highest BCUT2D eigenvalue weighted by molar-refractivity contribution is 7.92. The van der Waals surface area contributed by atoms with Crippen molar-refractivity contribution in [1.82, 2.24) is 4.98 Å². The molecule has 0 N–H and O–H groups in total. The van der Waals surface area contributed by atoms with Crippen LogP contribution in [0.1, 0.15) is 12.6 Å². The molecule has 2 rings (SSSR count). The second-order valence-electron chi connectivity index (χ2n) is 4.62. The zero-order chi connectivity index (χ0) is 16.3. The van der Waals surface area contributed by atoms with Gasteiger partial charge in [0.2, 0.25) is 0 Å². The van der Waals surface area contributed by atoms with Crippen LogP contribution in [0.3, 0.4) is 0 Å². The third kappa shape index (κ3) is 3.60. The van der Waals surface area contributed by atoms with Crippen LogP contribution in [-0.2, 0) is 16.4 Å². The molecule has 0 aromatic carbocycles. The normalized spacial score (nSPS) is 11.4. The molecule has 118 valence electrons. The number of thiophene rings is 1. The first-order valence-electron chi connectivity index (χ1n) is 6.46. The Balaban J connectivity index is 2.44. The summed E-state index contributed by atoms with van der Waals surface area (Å²) >= 11 is 0.915. The predicted molar refractivity (Wildman–Crippen MR) is 85.0 cm³/mol. The Morgan fingerprint density at radius 1 is 1.41 bits per heavy atom. The lowest BCUT2D eigenvalue weighted by atomic mass is 10.3. The van der Waals surface area contributed by atoms with Gasteiger partial charge in [0.05, 0.1) is 17.2 Å². The number of nitro groups is 1. The molecule has 0 radical (unpaired) electrons. The van der Waals surface area contributed by atoms with Crippen LogP contribution in [0.15, 0.2) is 34.7 Å². The summed E-state index contributed by atoms with van der Waals surface area (Å²) in [6.45, 7) is 2.73. The van der Waals surface area contributed by atoms with Crippen molar-refractivity contribution < 1.29 is 13.3 Å². The number of pyridine rings is 1. The molecule has 0 bridgehead atoms. The fourth-order valence-electron chi connectivity index (χ4n) is 1.90. The van der Waals surface area contributed by atoms with Crippen LogP contribution in [0.4, 0.5) is 10.7 Å². The second-order valence-corrected chi connectivity index (χ2v) is 7.89. The average Bonchev–Trinajstić information content (AvgIpc) is 2.91. The molecule has 2 aromatic rings. The molecule has 0 unspecified atom stereocenters. The molecule has 7 nitrogen and oxygen atoms in total. The number of sulfone groups is 1. The van der Waals surface area contributed by atoms with Gasteiger partial charge in [-0.3, -0.25) is 15.1 Å². The third-order valence-corrected chi connectivity index (χ3v) is 5.97. The average molecular weight is 341 g/mol. The molecule has 2 heterocycles. The summed E-state index contributed by atoms with van der Waals surface area (Å²) in [6.07, 6.45) is 2.69. The van der Waals surface area contributed by atoms with E-state index in [-0.39, 0.29) is 9.90 Å². The van der Waals surface area contributed by atoms with Crippen LogP contribution in [0.25, 0.3) is 0 Å². The largest absolute Gasteiger partial charge is 0.352 e.